The van der Waals surface area contributed by atoms with Crippen LogP contribution in [-0.4, -0.2) is 17.4 Å². The molecule has 0 saturated carbocycles. The Labute approximate surface area is 66.4 Å². The molecule has 0 aliphatic carbocycles. The number of carboxylic acids is 1. The average molecular weight is 158 g/mol. The lowest BCUT2D eigenvalue weighted by molar-refractivity contribution is -0.137. The van der Waals surface area contributed by atoms with Crippen molar-refractivity contribution in [2.24, 2.45) is 5.92 Å². The van der Waals surface area contributed by atoms with Gasteiger partial charge in [0.05, 0.1) is 0 Å². The summed E-state index contributed by atoms with van der Waals surface area (Å²) in [5.41, 5.74) is 0. The Morgan fingerprint density at radius 1 is 1.64 bits per heavy atom. The van der Waals surface area contributed by atoms with Crippen molar-refractivity contribution in [1.82, 2.24) is 0 Å². The highest BCUT2D eigenvalue weighted by Crippen LogP contribution is 2.09. The smallest absolute Gasteiger partial charge is 0.303 e. The van der Waals surface area contributed by atoms with Crippen LogP contribution in [0.3, 0.4) is 0 Å². The fourth-order valence-corrected chi connectivity index (χ4v) is 0.884. The Balaban J connectivity index is 3.35. The van der Waals surface area contributed by atoms with E-state index in [1.165, 1.54) is 0 Å². The molecule has 0 aromatic rings. The van der Waals surface area contributed by atoms with Gasteiger partial charge in [0.15, 0.2) is 0 Å². The van der Waals surface area contributed by atoms with Crippen LogP contribution in [0.4, 0.5) is 0 Å². The summed E-state index contributed by atoms with van der Waals surface area (Å²) in [5, 5.41) is 8.28. The summed E-state index contributed by atoms with van der Waals surface area (Å²) in [6, 6.07) is 0. The summed E-state index contributed by atoms with van der Waals surface area (Å²) in [5.74, 6) is -0.736. The van der Waals surface area contributed by atoms with E-state index in [0.29, 0.717) is 12.8 Å². The van der Waals surface area contributed by atoms with Gasteiger partial charge in [0, 0.05) is 12.3 Å². The lowest BCUT2D eigenvalue weighted by Gasteiger charge is -2.03. The maximum Gasteiger partial charge on any atom is 0.303 e. The summed E-state index contributed by atoms with van der Waals surface area (Å²) in [7, 11) is 0. The predicted octanol–water partition coefficient (Wildman–Crippen LogP) is 1.47. The van der Waals surface area contributed by atoms with Crippen LogP contribution < -0.4 is 0 Å². The van der Waals surface area contributed by atoms with Gasteiger partial charge in [-0.05, 0) is 19.3 Å². The normalized spacial score (nSPS) is 12.5. The Morgan fingerprint density at radius 3 is 2.64 bits per heavy atom. The van der Waals surface area contributed by atoms with Gasteiger partial charge in [0.25, 0.3) is 0 Å². The summed E-state index contributed by atoms with van der Waals surface area (Å²) in [4.78, 5) is 20.3. The number of rotatable bonds is 6. The molecule has 11 heavy (non-hydrogen) atoms. The fourth-order valence-electron chi connectivity index (χ4n) is 0.884. The van der Waals surface area contributed by atoms with Crippen molar-refractivity contribution in [2.75, 3.05) is 0 Å². The van der Waals surface area contributed by atoms with Gasteiger partial charge in [-0.15, -0.1) is 0 Å². The number of carbonyl (C=O) groups is 2. The summed E-state index contributed by atoms with van der Waals surface area (Å²) >= 11 is 0. The number of aliphatic carboxylic acids is 1. The maximum atomic E-state index is 10.3. The molecule has 64 valence electrons. The van der Waals surface area contributed by atoms with Gasteiger partial charge in [0.2, 0.25) is 0 Å². The second-order valence-electron chi connectivity index (χ2n) is 2.59. The van der Waals surface area contributed by atoms with Crippen LogP contribution >= 0.6 is 0 Å². The van der Waals surface area contributed by atoms with Gasteiger partial charge in [0.1, 0.15) is 6.29 Å². The first-order valence-corrected chi connectivity index (χ1v) is 3.87. The quantitative estimate of drug-likeness (QED) is 0.595. The number of carbonyl (C=O) groups excluding carboxylic acids is 1. The van der Waals surface area contributed by atoms with E-state index < -0.39 is 5.97 Å². The topological polar surface area (TPSA) is 54.4 Å². The minimum absolute atomic E-state index is 0.0503. The minimum atomic E-state index is -0.786. The molecule has 0 radical (unpaired) electrons. The lowest BCUT2D eigenvalue weighted by Crippen LogP contribution is -2.02. The van der Waals surface area contributed by atoms with Crippen LogP contribution in [0.1, 0.15) is 32.6 Å². The van der Waals surface area contributed by atoms with Crippen molar-refractivity contribution in [3.8, 4) is 0 Å². The van der Waals surface area contributed by atoms with Crippen LogP contribution in [0.25, 0.3) is 0 Å². The standard InChI is InChI=1S/C8H14O3/c1-2-7(6-9)4-3-5-8(10)11/h6-7H,2-5H2,1H3,(H,10,11)/t7-/m0/s1. The average Bonchev–Trinajstić information content (AvgIpc) is 1.98. The zero-order chi connectivity index (χ0) is 8.69. The highest BCUT2D eigenvalue weighted by atomic mass is 16.4. The van der Waals surface area contributed by atoms with E-state index in [9.17, 15) is 9.59 Å². The van der Waals surface area contributed by atoms with Gasteiger partial charge in [-0.1, -0.05) is 6.92 Å². The molecular formula is C8H14O3. The molecule has 0 saturated heterocycles. The molecule has 0 aromatic heterocycles. The third-order valence-corrected chi connectivity index (χ3v) is 1.68. The molecule has 0 fully saturated rings. The van der Waals surface area contributed by atoms with Gasteiger partial charge in [-0.25, -0.2) is 0 Å². The van der Waals surface area contributed by atoms with Crippen molar-refractivity contribution >= 4 is 12.3 Å². The third-order valence-electron chi connectivity index (χ3n) is 1.68. The molecular weight excluding hydrogens is 144 g/mol. The van der Waals surface area contributed by atoms with E-state index in [-0.39, 0.29) is 12.3 Å². The predicted molar refractivity (Wildman–Crippen MR) is 41.3 cm³/mol. The van der Waals surface area contributed by atoms with E-state index in [1.807, 2.05) is 6.92 Å². The highest BCUT2D eigenvalue weighted by molar-refractivity contribution is 5.66. The molecule has 0 aliphatic heterocycles. The first-order valence-electron chi connectivity index (χ1n) is 3.87. The first-order chi connectivity index (χ1) is 5.20. The monoisotopic (exact) mass is 158 g/mol. The molecule has 0 amide bonds. The fraction of sp³-hybridized carbons (Fsp3) is 0.750. The third kappa shape index (κ3) is 5.58. The number of carboxylic acid groups (broad SMARTS) is 1. The zero-order valence-corrected chi connectivity index (χ0v) is 6.75. The minimum Gasteiger partial charge on any atom is -0.481 e. The van der Waals surface area contributed by atoms with E-state index in [1.54, 1.807) is 0 Å². The molecule has 0 bridgehead atoms. The second-order valence-corrected chi connectivity index (χ2v) is 2.59. The van der Waals surface area contributed by atoms with Gasteiger partial charge in [-0.3, -0.25) is 4.79 Å². The van der Waals surface area contributed by atoms with Crippen molar-refractivity contribution in [3.63, 3.8) is 0 Å². The first kappa shape index (κ1) is 10.1. The van der Waals surface area contributed by atoms with Crippen LogP contribution in [-0.2, 0) is 9.59 Å². The van der Waals surface area contributed by atoms with Gasteiger partial charge in [-0.2, -0.15) is 0 Å². The van der Waals surface area contributed by atoms with Crippen molar-refractivity contribution in [2.45, 2.75) is 32.6 Å². The molecule has 0 aliphatic rings. The van der Waals surface area contributed by atoms with Crippen LogP contribution in [0.15, 0.2) is 0 Å². The maximum absolute atomic E-state index is 10.3. The number of hydrogen-bond donors (Lipinski definition) is 1. The Hall–Kier alpha value is -0.860. The summed E-state index contributed by atoms with van der Waals surface area (Å²) in [6.07, 6.45) is 3.19. The van der Waals surface area contributed by atoms with Crippen LogP contribution in [0.5, 0.6) is 0 Å². The van der Waals surface area contributed by atoms with Gasteiger partial charge >= 0.3 is 5.97 Å². The molecule has 0 rings (SSSR count). The summed E-state index contributed by atoms with van der Waals surface area (Å²) in [6.45, 7) is 1.93. The Morgan fingerprint density at radius 2 is 2.27 bits per heavy atom. The van der Waals surface area contributed by atoms with E-state index in [2.05, 4.69) is 0 Å². The molecule has 1 atom stereocenters. The molecule has 3 nitrogen and oxygen atoms in total. The van der Waals surface area contributed by atoms with E-state index in [0.717, 1.165) is 12.7 Å². The lowest BCUT2D eigenvalue weighted by atomic mass is 10.0. The second kappa shape index (κ2) is 5.89. The molecule has 0 spiro atoms. The van der Waals surface area contributed by atoms with Crippen molar-refractivity contribution < 1.29 is 14.7 Å². The Bertz CT molecular complexity index is 131. The largest absolute Gasteiger partial charge is 0.481 e. The SMILES string of the molecule is CC[C@H](C=O)CCCC(=O)O. The van der Waals surface area contributed by atoms with E-state index >= 15 is 0 Å². The molecule has 0 aromatic carbocycles. The number of hydrogen-bond acceptors (Lipinski definition) is 2. The van der Waals surface area contributed by atoms with E-state index in [4.69, 9.17) is 5.11 Å². The molecule has 3 heteroatoms. The summed E-state index contributed by atoms with van der Waals surface area (Å²) < 4.78 is 0. The van der Waals surface area contributed by atoms with Crippen LogP contribution in [0.2, 0.25) is 0 Å². The molecule has 1 N–H and O–H groups in total. The Kier molecular flexibility index (Phi) is 5.43. The van der Waals surface area contributed by atoms with Crippen LogP contribution in [0, 0.1) is 5.92 Å². The van der Waals surface area contributed by atoms with Crippen molar-refractivity contribution in [1.29, 1.82) is 0 Å². The molecule has 0 heterocycles. The van der Waals surface area contributed by atoms with Crippen molar-refractivity contribution in [3.05, 3.63) is 0 Å². The highest BCUT2D eigenvalue weighted by Gasteiger charge is 2.04. The number of aldehydes is 1. The molecule has 0 unspecified atom stereocenters. The van der Waals surface area contributed by atoms with Gasteiger partial charge < -0.3 is 9.90 Å². The zero-order valence-electron chi connectivity index (χ0n) is 6.75.